The van der Waals surface area contributed by atoms with Gasteiger partial charge in [0.15, 0.2) is 0 Å². The Hall–Kier alpha value is -3.01. The number of thiophene rings is 1. The van der Waals surface area contributed by atoms with E-state index in [1.54, 1.807) is 6.20 Å². The van der Waals surface area contributed by atoms with Gasteiger partial charge in [-0.1, -0.05) is 12.1 Å². The highest BCUT2D eigenvalue weighted by Gasteiger charge is 2.32. The minimum Gasteiger partial charge on any atom is -0.337 e. The Morgan fingerprint density at radius 1 is 1.14 bits per heavy atom. The van der Waals surface area contributed by atoms with E-state index in [1.165, 1.54) is 17.0 Å². The zero-order valence-corrected chi connectivity index (χ0v) is 16.0. The lowest BCUT2D eigenvalue weighted by Gasteiger charge is -2.26. The molecule has 1 aliphatic rings. The minimum absolute atomic E-state index is 0.00356. The highest BCUT2D eigenvalue weighted by atomic mass is 32.1. The predicted octanol–water partition coefficient (Wildman–Crippen LogP) is 3.46. The molecule has 29 heavy (non-hydrogen) atoms. The Bertz CT molecular complexity index is 1090. The van der Waals surface area contributed by atoms with Gasteiger partial charge in [-0.3, -0.25) is 9.55 Å². The molecule has 1 aliphatic heterocycles. The van der Waals surface area contributed by atoms with E-state index in [2.05, 4.69) is 15.0 Å². The standard InChI is InChI=1S/C19H16F3N5OS/c20-19(21,22)16-5-4-14(29-16)11-27-12-24-17(25-18(27)28)26-9-6-13(7-10-26)15-3-1-2-8-23-15/h1-6,8,12H,7,9-11H2. The first kappa shape index (κ1) is 19.3. The summed E-state index contributed by atoms with van der Waals surface area (Å²) in [5.74, 6) is 0.310. The summed E-state index contributed by atoms with van der Waals surface area (Å²) >= 11 is 0.609. The molecule has 3 aromatic rings. The third-order valence-electron chi connectivity index (χ3n) is 4.51. The van der Waals surface area contributed by atoms with Gasteiger partial charge in [-0.15, -0.1) is 11.3 Å². The van der Waals surface area contributed by atoms with Crippen LogP contribution in [-0.4, -0.2) is 32.6 Å². The Labute approximate surface area is 168 Å². The van der Waals surface area contributed by atoms with E-state index in [-0.39, 0.29) is 6.54 Å². The molecule has 0 amide bonds. The van der Waals surface area contributed by atoms with Gasteiger partial charge in [0.05, 0.1) is 12.2 Å². The third kappa shape index (κ3) is 4.37. The van der Waals surface area contributed by atoms with Crippen molar-refractivity contribution in [2.45, 2.75) is 19.1 Å². The second-order valence-electron chi connectivity index (χ2n) is 6.47. The Balaban J connectivity index is 1.46. The van der Waals surface area contributed by atoms with Gasteiger partial charge >= 0.3 is 11.9 Å². The molecule has 0 N–H and O–H groups in total. The van der Waals surface area contributed by atoms with Crippen LogP contribution in [0.15, 0.2) is 53.7 Å². The summed E-state index contributed by atoms with van der Waals surface area (Å²) in [5.41, 5.74) is 1.52. The fraction of sp³-hybridized carbons (Fsp3) is 0.263. The fourth-order valence-corrected chi connectivity index (χ4v) is 3.90. The van der Waals surface area contributed by atoms with Gasteiger partial charge in [0.1, 0.15) is 11.2 Å². The summed E-state index contributed by atoms with van der Waals surface area (Å²) in [7, 11) is 0. The average molecular weight is 419 g/mol. The van der Waals surface area contributed by atoms with Crippen molar-refractivity contribution in [3.8, 4) is 0 Å². The lowest BCUT2D eigenvalue weighted by molar-refractivity contribution is -0.134. The van der Waals surface area contributed by atoms with E-state index in [0.717, 1.165) is 23.8 Å². The van der Waals surface area contributed by atoms with Gasteiger partial charge in [0.2, 0.25) is 5.95 Å². The Morgan fingerprint density at radius 3 is 2.62 bits per heavy atom. The molecule has 4 rings (SSSR count). The second-order valence-corrected chi connectivity index (χ2v) is 7.64. The zero-order valence-electron chi connectivity index (χ0n) is 15.1. The summed E-state index contributed by atoms with van der Waals surface area (Å²) in [6, 6.07) is 8.13. The molecule has 4 heterocycles. The zero-order chi connectivity index (χ0) is 20.4. The van der Waals surface area contributed by atoms with Crippen molar-refractivity contribution in [1.82, 2.24) is 19.5 Å². The van der Waals surface area contributed by atoms with Crippen molar-refractivity contribution in [3.63, 3.8) is 0 Å². The maximum absolute atomic E-state index is 12.7. The number of halogens is 3. The first-order valence-corrected chi connectivity index (χ1v) is 9.66. The van der Waals surface area contributed by atoms with Crippen LogP contribution in [0.4, 0.5) is 19.1 Å². The minimum atomic E-state index is -4.38. The average Bonchev–Trinajstić information content (AvgIpc) is 3.20. The summed E-state index contributed by atoms with van der Waals surface area (Å²) in [5, 5.41) is 0. The van der Waals surface area contributed by atoms with Gasteiger partial charge < -0.3 is 4.90 Å². The van der Waals surface area contributed by atoms with Crippen molar-refractivity contribution in [2.75, 3.05) is 18.0 Å². The van der Waals surface area contributed by atoms with Crippen LogP contribution in [0.5, 0.6) is 0 Å². The summed E-state index contributed by atoms with van der Waals surface area (Å²) in [6.07, 6.45) is 1.47. The topological polar surface area (TPSA) is 63.9 Å². The normalized spacial score (nSPS) is 14.7. The number of aromatic nitrogens is 4. The van der Waals surface area contributed by atoms with Crippen LogP contribution in [-0.2, 0) is 12.7 Å². The van der Waals surface area contributed by atoms with E-state index in [1.807, 2.05) is 29.2 Å². The van der Waals surface area contributed by atoms with Gasteiger partial charge in [0, 0.05) is 24.2 Å². The number of pyridine rings is 1. The molecule has 0 bridgehead atoms. The van der Waals surface area contributed by atoms with E-state index < -0.39 is 16.7 Å². The van der Waals surface area contributed by atoms with Crippen LogP contribution in [0.1, 0.15) is 21.9 Å². The molecule has 150 valence electrons. The number of alkyl halides is 3. The molecule has 0 fully saturated rings. The smallest absolute Gasteiger partial charge is 0.337 e. The molecular weight excluding hydrogens is 403 g/mol. The van der Waals surface area contributed by atoms with E-state index in [9.17, 15) is 18.0 Å². The SMILES string of the molecule is O=c1nc(N2CC=C(c3ccccn3)CC2)ncn1Cc1ccc(C(F)(F)F)s1. The van der Waals surface area contributed by atoms with Crippen molar-refractivity contribution in [2.24, 2.45) is 0 Å². The van der Waals surface area contributed by atoms with Crippen LogP contribution in [0.3, 0.4) is 0 Å². The number of hydrogen-bond acceptors (Lipinski definition) is 6. The first-order valence-electron chi connectivity index (χ1n) is 8.85. The third-order valence-corrected chi connectivity index (χ3v) is 5.62. The molecule has 10 heteroatoms. The van der Waals surface area contributed by atoms with Crippen LogP contribution in [0.25, 0.3) is 5.57 Å². The molecule has 0 spiro atoms. The van der Waals surface area contributed by atoms with E-state index in [4.69, 9.17) is 0 Å². The molecule has 0 radical (unpaired) electrons. The van der Waals surface area contributed by atoms with Gasteiger partial charge in [-0.25, -0.2) is 9.78 Å². The van der Waals surface area contributed by atoms with Crippen molar-refractivity contribution in [1.29, 1.82) is 0 Å². The second kappa shape index (κ2) is 7.78. The Kier molecular flexibility index (Phi) is 5.18. The van der Waals surface area contributed by atoms with Crippen LogP contribution in [0.2, 0.25) is 0 Å². The number of hydrogen-bond donors (Lipinski definition) is 0. The van der Waals surface area contributed by atoms with Crippen LogP contribution >= 0.6 is 11.3 Å². The molecule has 0 unspecified atom stereocenters. The summed E-state index contributed by atoms with van der Waals surface area (Å²) in [4.78, 5) is 26.5. The van der Waals surface area contributed by atoms with E-state index in [0.29, 0.717) is 35.3 Å². The molecule has 6 nitrogen and oxygen atoms in total. The molecular formula is C19H16F3N5OS. The Morgan fingerprint density at radius 2 is 2.00 bits per heavy atom. The maximum Gasteiger partial charge on any atom is 0.425 e. The van der Waals surface area contributed by atoms with Gasteiger partial charge in [0.25, 0.3) is 0 Å². The number of anilines is 1. The van der Waals surface area contributed by atoms with Crippen LogP contribution < -0.4 is 10.6 Å². The fourth-order valence-electron chi connectivity index (χ4n) is 3.03. The van der Waals surface area contributed by atoms with Gasteiger partial charge in [-0.2, -0.15) is 18.2 Å². The van der Waals surface area contributed by atoms with E-state index >= 15 is 0 Å². The van der Waals surface area contributed by atoms with Crippen molar-refractivity contribution < 1.29 is 13.2 Å². The number of nitrogens with zero attached hydrogens (tertiary/aromatic N) is 5. The molecule has 0 saturated heterocycles. The maximum atomic E-state index is 12.7. The monoisotopic (exact) mass is 419 g/mol. The lowest BCUT2D eigenvalue weighted by Crippen LogP contribution is -2.34. The highest BCUT2D eigenvalue weighted by molar-refractivity contribution is 7.12. The molecule has 0 aliphatic carbocycles. The number of rotatable bonds is 4. The predicted molar refractivity (Wildman–Crippen MR) is 104 cm³/mol. The molecule has 0 aromatic carbocycles. The molecule has 0 atom stereocenters. The quantitative estimate of drug-likeness (QED) is 0.648. The summed E-state index contributed by atoms with van der Waals surface area (Å²) in [6.45, 7) is 1.20. The van der Waals surface area contributed by atoms with Crippen molar-refractivity contribution >= 4 is 22.9 Å². The van der Waals surface area contributed by atoms with Gasteiger partial charge in [-0.05, 0) is 36.3 Å². The van der Waals surface area contributed by atoms with Crippen molar-refractivity contribution in [3.05, 3.63) is 74.9 Å². The molecule has 3 aromatic heterocycles. The van der Waals surface area contributed by atoms with Crippen LogP contribution in [0, 0.1) is 0 Å². The lowest BCUT2D eigenvalue weighted by atomic mass is 10.0. The first-order chi connectivity index (χ1) is 13.9. The highest BCUT2D eigenvalue weighted by Crippen LogP contribution is 2.34. The molecule has 0 saturated carbocycles. The summed E-state index contributed by atoms with van der Waals surface area (Å²) < 4.78 is 39.4. The largest absolute Gasteiger partial charge is 0.425 e.